The maximum Gasteiger partial charge on any atom is 0.0999 e. The number of nitrogens with zero attached hydrogens (tertiary/aromatic N) is 1. The second-order valence-corrected chi connectivity index (χ2v) is 10.5. The Balaban J connectivity index is 0.00000141. The number of benzene rings is 3. The van der Waals surface area contributed by atoms with Crippen molar-refractivity contribution >= 4 is 22.0 Å². The summed E-state index contributed by atoms with van der Waals surface area (Å²) in [6.07, 6.45) is 6.80. The van der Waals surface area contributed by atoms with Gasteiger partial charge >= 0.3 is 0 Å². The number of rotatable bonds is 9. The topological polar surface area (TPSA) is 54.7 Å². The Hall–Kier alpha value is -3.43. The van der Waals surface area contributed by atoms with Gasteiger partial charge in [0.25, 0.3) is 0 Å². The molecule has 0 spiro atoms. The summed E-state index contributed by atoms with van der Waals surface area (Å²) in [5.74, 6) is 0.900. The fraction of sp³-hybridized carbons (Fsp3) is 0.395. The molecule has 3 heteroatoms. The van der Waals surface area contributed by atoms with Gasteiger partial charge in [0.2, 0.25) is 0 Å². The van der Waals surface area contributed by atoms with Gasteiger partial charge in [-0.25, -0.2) is 0 Å². The second-order valence-electron chi connectivity index (χ2n) is 10.5. The van der Waals surface area contributed by atoms with Crippen LogP contribution >= 0.6 is 0 Å². The van der Waals surface area contributed by atoms with Crippen molar-refractivity contribution in [3.63, 3.8) is 0 Å². The molecule has 220 valence electrons. The summed E-state index contributed by atoms with van der Waals surface area (Å²) >= 11 is 0. The lowest BCUT2D eigenvalue weighted by molar-refractivity contribution is 0.834. The van der Waals surface area contributed by atoms with Gasteiger partial charge in [-0.2, -0.15) is 5.10 Å². The number of nitrogens with two attached hydrogens (primary N) is 1. The van der Waals surface area contributed by atoms with Crippen molar-refractivity contribution in [1.29, 1.82) is 0 Å². The van der Waals surface area contributed by atoms with Crippen molar-refractivity contribution in [3.05, 3.63) is 101 Å². The van der Waals surface area contributed by atoms with Crippen LogP contribution in [0.25, 0.3) is 33.3 Å². The van der Waals surface area contributed by atoms with Gasteiger partial charge in [0.05, 0.1) is 11.2 Å². The fourth-order valence-electron chi connectivity index (χ4n) is 4.96. The summed E-state index contributed by atoms with van der Waals surface area (Å²) in [6, 6.07) is 22.1. The van der Waals surface area contributed by atoms with Crippen LogP contribution in [0.5, 0.6) is 0 Å². The van der Waals surface area contributed by atoms with Crippen molar-refractivity contribution in [2.24, 2.45) is 11.7 Å². The lowest BCUT2D eigenvalue weighted by Gasteiger charge is -2.20. The van der Waals surface area contributed by atoms with Crippen LogP contribution in [-0.4, -0.2) is 10.2 Å². The number of H-pyrrole nitrogens is 1. The Morgan fingerprint density at radius 3 is 2.10 bits per heavy atom. The van der Waals surface area contributed by atoms with E-state index in [1.54, 1.807) is 0 Å². The number of aryl methyl sites for hydroxylation is 1. The molecule has 1 heterocycles. The molecule has 0 radical (unpaired) electrons. The molecule has 0 saturated heterocycles. The van der Waals surface area contributed by atoms with Crippen LogP contribution in [0.1, 0.15) is 109 Å². The van der Waals surface area contributed by atoms with E-state index in [0.29, 0.717) is 18.4 Å². The van der Waals surface area contributed by atoms with Crippen molar-refractivity contribution in [2.75, 3.05) is 0 Å². The second kappa shape index (κ2) is 16.7. The van der Waals surface area contributed by atoms with Gasteiger partial charge in [0.15, 0.2) is 0 Å². The lowest BCUT2D eigenvalue weighted by Crippen LogP contribution is -2.00. The van der Waals surface area contributed by atoms with E-state index in [0.717, 1.165) is 40.6 Å². The summed E-state index contributed by atoms with van der Waals surface area (Å²) in [7, 11) is 0. The zero-order chi connectivity index (χ0) is 30.5. The summed E-state index contributed by atoms with van der Waals surface area (Å²) in [4.78, 5) is 0. The minimum absolute atomic E-state index is 0.414. The molecule has 0 aliphatic heterocycles. The zero-order valence-corrected chi connectivity index (χ0v) is 27.2. The molecule has 0 fully saturated rings. The molecule has 0 aliphatic rings. The van der Waals surface area contributed by atoms with E-state index >= 15 is 0 Å². The zero-order valence-electron chi connectivity index (χ0n) is 27.2. The predicted octanol–water partition coefficient (Wildman–Crippen LogP) is 11.0. The molecule has 0 bridgehead atoms. The summed E-state index contributed by atoms with van der Waals surface area (Å²) in [6.45, 7) is 22.1. The molecular weight excluding hydrogens is 498 g/mol. The van der Waals surface area contributed by atoms with Gasteiger partial charge in [0.1, 0.15) is 0 Å². The summed E-state index contributed by atoms with van der Waals surface area (Å²) in [5, 5.41) is 9.06. The number of fused-ring (bicyclic) bond motifs is 1. The summed E-state index contributed by atoms with van der Waals surface area (Å²) in [5.41, 5.74) is 18.0. The van der Waals surface area contributed by atoms with Crippen molar-refractivity contribution < 1.29 is 0 Å². The van der Waals surface area contributed by atoms with Gasteiger partial charge in [-0.3, -0.25) is 5.10 Å². The van der Waals surface area contributed by atoms with E-state index in [1.807, 2.05) is 27.7 Å². The van der Waals surface area contributed by atoms with Crippen molar-refractivity contribution in [3.8, 4) is 11.3 Å². The molecule has 3 nitrogen and oxygen atoms in total. The van der Waals surface area contributed by atoms with Gasteiger partial charge < -0.3 is 5.73 Å². The molecule has 3 aromatic carbocycles. The van der Waals surface area contributed by atoms with Crippen LogP contribution < -0.4 is 5.73 Å². The SMILES string of the molecule is CC.CC.CC/C=C(/C(=C\C(C)C)c1ccc2[nH]nc(-c3ccc(CN)cc3)c2c1)c1cc(C(C)C)ccc1CC. The molecule has 3 N–H and O–H groups in total. The highest BCUT2D eigenvalue weighted by Crippen LogP contribution is 2.38. The minimum atomic E-state index is 0.414. The van der Waals surface area contributed by atoms with Gasteiger partial charge in [0, 0.05) is 17.5 Å². The fourth-order valence-corrected chi connectivity index (χ4v) is 4.96. The third-order valence-electron chi connectivity index (χ3n) is 7.01. The van der Waals surface area contributed by atoms with Crippen LogP contribution in [0.4, 0.5) is 0 Å². The summed E-state index contributed by atoms with van der Waals surface area (Å²) < 4.78 is 0. The first kappa shape index (κ1) is 33.8. The quantitative estimate of drug-likeness (QED) is 0.203. The highest BCUT2D eigenvalue weighted by Gasteiger charge is 2.17. The average Bonchev–Trinajstić information content (AvgIpc) is 3.44. The molecule has 0 atom stereocenters. The molecule has 0 saturated carbocycles. The van der Waals surface area contributed by atoms with Crippen molar-refractivity contribution in [1.82, 2.24) is 10.2 Å². The first-order chi connectivity index (χ1) is 19.9. The van der Waals surface area contributed by atoms with Crippen LogP contribution in [0.15, 0.2) is 72.8 Å². The van der Waals surface area contributed by atoms with Gasteiger partial charge in [-0.1, -0.05) is 130 Å². The molecule has 4 aromatic rings. The van der Waals surface area contributed by atoms with Crippen molar-refractivity contribution in [2.45, 2.75) is 94.5 Å². The predicted molar refractivity (Wildman–Crippen MR) is 183 cm³/mol. The number of allylic oxidation sites excluding steroid dienone is 4. The van der Waals surface area contributed by atoms with E-state index in [9.17, 15) is 0 Å². The van der Waals surface area contributed by atoms with E-state index < -0.39 is 0 Å². The number of hydrogen-bond acceptors (Lipinski definition) is 2. The van der Waals surface area contributed by atoms with E-state index in [2.05, 4.69) is 125 Å². The third kappa shape index (κ3) is 8.30. The van der Waals surface area contributed by atoms with Crippen LogP contribution in [-0.2, 0) is 13.0 Å². The molecule has 4 rings (SSSR count). The Morgan fingerprint density at radius 2 is 1.54 bits per heavy atom. The Kier molecular flexibility index (Phi) is 13.8. The lowest BCUT2D eigenvalue weighted by atomic mass is 9.84. The average molecular weight is 552 g/mol. The Morgan fingerprint density at radius 1 is 0.854 bits per heavy atom. The maximum atomic E-state index is 5.82. The number of aromatic nitrogens is 2. The Labute approximate surface area is 250 Å². The minimum Gasteiger partial charge on any atom is -0.326 e. The largest absolute Gasteiger partial charge is 0.326 e. The smallest absolute Gasteiger partial charge is 0.0999 e. The van der Waals surface area contributed by atoms with Crippen LogP contribution in [0.3, 0.4) is 0 Å². The normalized spacial score (nSPS) is 11.8. The Bertz CT molecular complexity index is 1420. The van der Waals surface area contributed by atoms with E-state index in [1.165, 1.54) is 33.4 Å². The number of hydrogen-bond donors (Lipinski definition) is 2. The van der Waals surface area contributed by atoms with Gasteiger partial charge in [-0.15, -0.1) is 0 Å². The van der Waals surface area contributed by atoms with E-state index in [-0.39, 0.29) is 0 Å². The highest BCUT2D eigenvalue weighted by molar-refractivity contribution is 6.07. The highest BCUT2D eigenvalue weighted by atomic mass is 15.1. The monoisotopic (exact) mass is 551 g/mol. The molecule has 0 amide bonds. The standard InChI is InChI=1S/C34H41N3.2C2H6/c1-7-9-29(31-19-27(23(5)6)15-14-25(31)8-2)30(18-22(3)4)28-16-17-33-32(20-28)34(37-36-33)26-12-10-24(21-35)11-13-26;2*1-2/h9-20,22-23H,7-8,21,35H2,1-6H3,(H,36,37);2*1-2H3/b29-9-,30-18-;;. The molecule has 41 heavy (non-hydrogen) atoms. The molecule has 1 aromatic heterocycles. The first-order valence-corrected chi connectivity index (χ1v) is 15.7. The maximum absolute atomic E-state index is 5.82. The third-order valence-corrected chi connectivity index (χ3v) is 7.01. The van der Waals surface area contributed by atoms with Crippen LogP contribution in [0.2, 0.25) is 0 Å². The molecular formula is C38H53N3. The number of nitrogens with one attached hydrogen (secondary N) is 1. The first-order valence-electron chi connectivity index (χ1n) is 15.7. The molecule has 0 unspecified atom stereocenters. The number of aromatic amines is 1. The molecule has 0 aliphatic carbocycles. The van der Waals surface area contributed by atoms with Crippen LogP contribution in [0, 0.1) is 5.92 Å². The van der Waals surface area contributed by atoms with Gasteiger partial charge in [-0.05, 0) is 75.8 Å². The van der Waals surface area contributed by atoms with E-state index in [4.69, 9.17) is 5.73 Å².